The van der Waals surface area contributed by atoms with Crippen LogP contribution in [0.15, 0.2) is 170 Å². The average molecular weight is 565 g/mol. The second-order valence-corrected chi connectivity index (χ2v) is 11.6. The van der Waals surface area contributed by atoms with E-state index in [0.717, 1.165) is 17.8 Å². The third-order valence-corrected chi connectivity index (χ3v) is 8.97. The molecule has 0 N–H and O–H groups in total. The Labute approximate surface area is 259 Å². The van der Waals surface area contributed by atoms with Crippen LogP contribution in [0.1, 0.15) is 29.4 Å². The molecule has 0 saturated carbocycles. The molecule has 0 amide bonds. The number of nitrogens with zero attached hydrogens (tertiary/aromatic N) is 2. The maximum Gasteiger partial charge on any atom is 0.0719 e. The van der Waals surface area contributed by atoms with Crippen molar-refractivity contribution in [1.29, 1.82) is 0 Å². The summed E-state index contributed by atoms with van der Waals surface area (Å²) in [6.07, 6.45) is 12.2. The summed E-state index contributed by atoms with van der Waals surface area (Å²) >= 11 is 0. The van der Waals surface area contributed by atoms with Crippen molar-refractivity contribution in [3.05, 3.63) is 181 Å². The van der Waals surface area contributed by atoms with Gasteiger partial charge in [-0.1, -0.05) is 121 Å². The predicted molar refractivity (Wildman–Crippen MR) is 184 cm³/mol. The van der Waals surface area contributed by atoms with Gasteiger partial charge >= 0.3 is 0 Å². The van der Waals surface area contributed by atoms with Crippen molar-refractivity contribution >= 4 is 22.7 Å². The smallest absolute Gasteiger partial charge is 0.0719 e. The number of anilines is 4. The fourth-order valence-electron chi connectivity index (χ4n) is 6.78. The van der Waals surface area contributed by atoms with Crippen LogP contribution >= 0.6 is 0 Å². The maximum absolute atomic E-state index is 3.44. The van der Waals surface area contributed by atoms with Gasteiger partial charge in [0.1, 0.15) is 0 Å². The Morgan fingerprint density at radius 3 is 2.02 bits per heavy atom. The van der Waals surface area contributed by atoms with Crippen LogP contribution in [-0.2, 0) is 0 Å². The van der Waals surface area contributed by atoms with Crippen LogP contribution in [-0.4, -0.2) is 6.04 Å². The van der Waals surface area contributed by atoms with Gasteiger partial charge in [0.25, 0.3) is 0 Å². The van der Waals surface area contributed by atoms with E-state index in [1.807, 2.05) is 6.08 Å². The number of rotatable bonds is 6. The standard InChI is InChI=1S/C42H32N2/c1-3-11-31(12-4-1)32-19-25-36(26-20-32)43(35-13-5-2-6-14-35)37-27-21-33(22-28-37)34-23-29-38(30-24-34)44-41-17-9-7-15-39(41)40-16-8-10-18-42(40)44/h1-7,9-15,17-19,21-30,32,40,42H,20H2. The highest BCUT2D eigenvalue weighted by molar-refractivity contribution is 5.78. The van der Waals surface area contributed by atoms with E-state index in [1.54, 1.807) is 0 Å². The first-order chi connectivity index (χ1) is 21.8. The molecule has 0 radical (unpaired) electrons. The summed E-state index contributed by atoms with van der Waals surface area (Å²) < 4.78 is 0. The van der Waals surface area contributed by atoms with E-state index in [4.69, 9.17) is 0 Å². The van der Waals surface area contributed by atoms with Gasteiger partial charge in [0, 0.05) is 34.4 Å². The summed E-state index contributed by atoms with van der Waals surface area (Å²) in [4.78, 5) is 4.79. The van der Waals surface area contributed by atoms with Gasteiger partial charge in [0.2, 0.25) is 0 Å². The molecule has 3 atom stereocenters. The second-order valence-electron chi connectivity index (χ2n) is 11.6. The van der Waals surface area contributed by atoms with E-state index >= 15 is 0 Å². The first-order valence-corrected chi connectivity index (χ1v) is 15.4. The average Bonchev–Trinajstić information content (AvgIpc) is 3.44. The van der Waals surface area contributed by atoms with Crippen LogP contribution in [0.5, 0.6) is 0 Å². The highest BCUT2D eigenvalue weighted by Gasteiger charge is 2.37. The summed E-state index contributed by atoms with van der Waals surface area (Å²) in [5.74, 6) is 7.25. The first kappa shape index (κ1) is 26.1. The third kappa shape index (κ3) is 4.74. The van der Waals surface area contributed by atoms with Crippen molar-refractivity contribution in [1.82, 2.24) is 0 Å². The van der Waals surface area contributed by atoms with E-state index in [0.29, 0.717) is 5.92 Å². The van der Waals surface area contributed by atoms with Crippen molar-refractivity contribution in [2.45, 2.75) is 24.3 Å². The summed E-state index contributed by atoms with van der Waals surface area (Å²) in [6, 6.07) is 48.2. The summed E-state index contributed by atoms with van der Waals surface area (Å²) in [6.45, 7) is 0. The lowest BCUT2D eigenvalue weighted by Crippen LogP contribution is -2.28. The van der Waals surface area contributed by atoms with Crippen LogP contribution in [0.4, 0.5) is 22.7 Å². The zero-order valence-corrected chi connectivity index (χ0v) is 24.4. The number of hydrogen-bond donors (Lipinski definition) is 0. The van der Waals surface area contributed by atoms with Crippen molar-refractivity contribution in [2.75, 3.05) is 9.80 Å². The molecule has 3 aliphatic rings. The summed E-state index contributed by atoms with van der Waals surface area (Å²) in [7, 11) is 0. The van der Waals surface area contributed by atoms with Crippen LogP contribution in [0.2, 0.25) is 0 Å². The van der Waals surface area contributed by atoms with E-state index in [-0.39, 0.29) is 12.0 Å². The second kappa shape index (κ2) is 11.3. The minimum Gasteiger partial charge on any atom is -0.333 e. The minimum atomic E-state index is 0.217. The molecule has 0 aromatic heterocycles. The lowest BCUT2D eigenvalue weighted by Gasteiger charge is -2.29. The van der Waals surface area contributed by atoms with Crippen LogP contribution in [0.3, 0.4) is 0 Å². The quantitative estimate of drug-likeness (QED) is 0.189. The van der Waals surface area contributed by atoms with E-state index in [1.165, 1.54) is 39.3 Å². The molecular formula is C42H32N2. The Morgan fingerprint density at radius 2 is 1.30 bits per heavy atom. The van der Waals surface area contributed by atoms with Gasteiger partial charge in [-0.05, 0) is 83.3 Å². The molecule has 44 heavy (non-hydrogen) atoms. The number of hydrogen-bond acceptors (Lipinski definition) is 2. The Balaban J connectivity index is 1.06. The molecule has 1 aliphatic heterocycles. The minimum absolute atomic E-state index is 0.217. The molecular weight excluding hydrogens is 532 g/mol. The number of fused-ring (bicyclic) bond motifs is 3. The molecule has 210 valence electrons. The normalized spacial score (nSPS) is 19.4. The van der Waals surface area contributed by atoms with Gasteiger partial charge < -0.3 is 9.80 Å². The Kier molecular flexibility index (Phi) is 6.70. The summed E-state index contributed by atoms with van der Waals surface area (Å²) in [5, 5.41) is 0. The molecule has 2 heteroatoms. The number of para-hydroxylation sites is 2. The van der Waals surface area contributed by atoms with Crippen molar-refractivity contribution in [3.8, 4) is 23.0 Å². The molecule has 0 spiro atoms. The predicted octanol–water partition coefficient (Wildman–Crippen LogP) is 10.3. The van der Waals surface area contributed by atoms with Gasteiger partial charge in [0.15, 0.2) is 0 Å². The molecule has 1 heterocycles. The molecule has 0 fully saturated rings. The van der Waals surface area contributed by atoms with Crippen molar-refractivity contribution < 1.29 is 0 Å². The Morgan fingerprint density at radius 1 is 0.636 bits per heavy atom. The van der Waals surface area contributed by atoms with E-state index in [9.17, 15) is 0 Å². The zero-order valence-electron chi connectivity index (χ0n) is 24.4. The third-order valence-electron chi connectivity index (χ3n) is 8.97. The van der Waals surface area contributed by atoms with Crippen LogP contribution in [0.25, 0.3) is 11.1 Å². The van der Waals surface area contributed by atoms with Gasteiger partial charge in [-0.2, -0.15) is 0 Å². The fraction of sp³-hybridized carbons (Fsp3) is 0.0952. The Hall–Kier alpha value is -5.52. The number of benzene rings is 5. The highest BCUT2D eigenvalue weighted by Crippen LogP contribution is 2.46. The first-order valence-electron chi connectivity index (χ1n) is 15.4. The highest BCUT2D eigenvalue weighted by atomic mass is 15.2. The van der Waals surface area contributed by atoms with Crippen molar-refractivity contribution in [2.24, 2.45) is 0 Å². The van der Waals surface area contributed by atoms with Gasteiger partial charge in [-0.3, -0.25) is 0 Å². The van der Waals surface area contributed by atoms with Gasteiger partial charge in [-0.25, -0.2) is 0 Å². The topological polar surface area (TPSA) is 6.48 Å². The molecule has 2 nitrogen and oxygen atoms in total. The Bertz CT molecular complexity index is 1940. The molecule has 3 unspecified atom stereocenters. The molecule has 2 aliphatic carbocycles. The largest absolute Gasteiger partial charge is 0.333 e. The molecule has 5 aromatic carbocycles. The zero-order chi connectivity index (χ0) is 29.3. The number of allylic oxidation sites excluding steroid dienone is 4. The maximum atomic E-state index is 3.44. The summed E-state index contributed by atoms with van der Waals surface area (Å²) in [5.41, 5.74) is 11.0. The molecule has 0 bridgehead atoms. The monoisotopic (exact) mass is 564 g/mol. The fourth-order valence-corrected chi connectivity index (χ4v) is 6.78. The van der Waals surface area contributed by atoms with Gasteiger partial charge in [0.05, 0.1) is 12.0 Å². The molecule has 5 aromatic rings. The van der Waals surface area contributed by atoms with E-state index < -0.39 is 0 Å². The van der Waals surface area contributed by atoms with Crippen LogP contribution < -0.4 is 9.80 Å². The lowest BCUT2D eigenvalue weighted by atomic mass is 9.91. The van der Waals surface area contributed by atoms with Gasteiger partial charge in [-0.15, -0.1) is 0 Å². The lowest BCUT2D eigenvalue weighted by molar-refractivity contribution is 0.766. The molecule has 8 rings (SSSR count). The molecule has 0 saturated heterocycles. The SMILES string of the molecule is C1#CC2c3ccccc3N(c3ccc(-c4ccc(N(C5=CCC(c6ccccc6)C=C5)c5ccccc5)cc4)cc3)C2C=C1. The van der Waals surface area contributed by atoms with Crippen molar-refractivity contribution in [3.63, 3.8) is 0 Å². The van der Waals surface area contributed by atoms with Crippen LogP contribution in [0, 0.1) is 11.8 Å². The van der Waals surface area contributed by atoms with E-state index in [2.05, 4.69) is 179 Å².